The molecule has 0 aliphatic carbocycles. The second kappa shape index (κ2) is 12.4. The molecule has 0 aliphatic rings. The van der Waals surface area contributed by atoms with E-state index in [9.17, 15) is 0 Å². The number of benzene rings is 9. The third-order valence-corrected chi connectivity index (χ3v) is 12.9. The smallest absolute Gasteiger partial charge is 0.166 e. The second-order valence-electron chi connectivity index (χ2n) is 15.2. The van der Waals surface area contributed by atoms with Crippen LogP contribution in [-0.4, -0.2) is 19.5 Å². The Morgan fingerprint density at radius 2 is 1.00 bits per heavy atom. The summed E-state index contributed by atoms with van der Waals surface area (Å²) < 4.78 is 11.4. The highest BCUT2D eigenvalue weighted by atomic mass is 32.1. The van der Waals surface area contributed by atoms with Crippen molar-refractivity contribution in [3.8, 4) is 39.9 Å². The molecule has 0 N–H and O–H groups in total. The molecule has 13 aromatic rings. The molecule has 0 bridgehead atoms. The molecule has 0 amide bonds. The van der Waals surface area contributed by atoms with Crippen molar-refractivity contribution in [2.75, 3.05) is 0 Å². The molecule has 0 spiro atoms. The van der Waals surface area contributed by atoms with Crippen molar-refractivity contribution in [2.24, 2.45) is 0 Å². The van der Waals surface area contributed by atoms with Crippen LogP contribution in [0.15, 0.2) is 186 Å². The van der Waals surface area contributed by atoms with E-state index in [0.29, 0.717) is 17.5 Å². The average Bonchev–Trinajstić information content (AvgIpc) is 3.96. The third kappa shape index (κ3) is 5.00. The quantitative estimate of drug-likeness (QED) is 0.179. The maximum atomic E-state index is 6.60. The Bertz CT molecular complexity index is 3870. The van der Waals surface area contributed by atoms with E-state index in [4.69, 9.17) is 19.4 Å². The number of para-hydroxylation sites is 2. The van der Waals surface area contributed by atoms with Crippen molar-refractivity contribution in [3.63, 3.8) is 0 Å². The lowest BCUT2D eigenvalue weighted by atomic mass is 10.0. The van der Waals surface area contributed by atoms with E-state index >= 15 is 0 Å². The first-order valence-electron chi connectivity index (χ1n) is 19.8. The summed E-state index contributed by atoms with van der Waals surface area (Å²) in [5, 5.41) is 11.6. The van der Waals surface area contributed by atoms with E-state index in [1.807, 2.05) is 12.1 Å². The summed E-state index contributed by atoms with van der Waals surface area (Å²) >= 11 is 1.79. The molecule has 0 atom stereocenters. The molecule has 0 saturated carbocycles. The minimum Gasteiger partial charge on any atom is -0.456 e. The molecule has 4 heterocycles. The molecule has 274 valence electrons. The summed E-state index contributed by atoms with van der Waals surface area (Å²) in [6.07, 6.45) is 0. The number of thiophene rings is 1. The van der Waals surface area contributed by atoms with Crippen LogP contribution in [0.3, 0.4) is 0 Å². The normalized spacial score (nSPS) is 12.1. The van der Waals surface area contributed by atoms with Crippen LogP contribution in [0.4, 0.5) is 0 Å². The van der Waals surface area contributed by atoms with Crippen LogP contribution < -0.4 is 0 Å². The fourth-order valence-electron chi connectivity index (χ4n) is 8.99. The number of hydrogen-bond acceptors (Lipinski definition) is 5. The van der Waals surface area contributed by atoms with Gasteiger partial charge in [0.15, 0.2) is 17.5 Å². The van der Waals surface area contributed by atoms with Crippen LogP contribution >= 0.6 is 11.3 Å². The Morgan fingerprint density at radius 1 is 0.373 bits per heavy atom. The van der Waals surface area contributed by atoms with Gasteiger partial charge >= 0.3 is 0 Å². The van der Waals surface area contributed by atoms with Crippen LogP contribution in [0.5, 0.6) is 0 Å². The number of furan rings is 1. The Hall–Kier alpha value is -7.67. The highest BCUT2D eigenvalue weighted by molar-refractivity contribution is 7.25. The molecule has 0 unspecified atom stereocenters. The highest BCUT2D eigenvalue weighted by Crippen LogP contribution is 2.42. The minimum atomic E-state index is 0.568. The molecule has 4 aromatic heterocycles. The second-order valence-corrected chi connectivity index (χ2v) is 16.3. The molecule has 0 saturated heterocycles. The monoisotopic (exact) mass is 770 g/mol. The number of aromatic nitrogens is 4. The Kier molecular flexibility index (Phi) is 6.82. The molecule has 0 fully saturated rings. The van der Waals surface area contributed by atoms with Gasteiger partial charge in [-0.1, -0.05) is 127 Å². The minimum absolute atomic E-state index is 0.568. The Morgan fingerprint density at radius 3 is 1.85 bits per heavy atom. The summed E-state index contributed by atoms with van der Waals surface area (Å²) in [6, 6.07) is 64.5. The van der Waals surface area contributed by atoms with E-state index in [2.05, 4.69) is 174 Å². The van der Waals surface area contributed by atoms with Gasteiger partial charge in [-0.05, 0) is 76.1 Å². The lowest BCUT2D eigenvalue weighted by Crippen LogP contribution is -2.04. The standard InChI is InChI=1S/C53H30N4OS/c1-2-12-32-25-35(22-21-31(32)11-1)51-54-52(36-23-24-40-39-17-7-10-20-49(39)59-50(40)28-36)56-53(55-51)43-30-48-42(38-16-6-9-19-47(38)58-48)29-46(43)57-44-18-8-5-15-37(44)41-26-33-13-3-4-14-34(33)27-45(41)57/h1-30H. The lowest BCUT2D eigenvalue weighted by molar-refractivity contribution is 0.669. The van der Waals surface area contributed by atoms with Gasteiger partial charge in [-0.25, -0.2) is 15.0 Å². The van der Waals surface area contributed by atoms with Gasteiger partial charge in [0.2, 0.25) is 0 Å². The van der Waals surface area contributed by atoms with Gasteiger partial charge in [-0.3, -0.25) is 0 Å². The molecular weight excluding hydrogens is 741 g/mol. The Labute approximate surface area is 341 Å². The average molecular weight is 771 g/mol. The van der Waals surface area contributed by atoms with Crippen LogP contribution in [0, 0.1) is 0 Å². The molecule has 13 rings (SSSR count). The maximum Gasteiger partial charge on any atom is 0.166 e. The van der Waals surface area contributed by atoms with Crippen LogP contribution in [0.1, 0.15) is 0 Å². The summed E-state index contributed by atoms with van der Waals surface area (Å²) in [7, 11) is 0. The number of nitrogens with zero attached hydrogens (tertiary/aromatic N) is 4. The van der Waals surface area contributed by atoms with Crippen molar-refractivity contribution in [3.05, 3.63) is 182 Å². The van der Waals surface area contributed by atoms with E-state index in [1.54, 1.807) is 11.3 Å². The van der Waals surface area contributed by atoms with Gasteiger partial charge in [0.05, 0.1) is 16.7 Å². The molecule has 6 heteroatoms. The van der Waals surface area contributed by atoms with Crippen molar-refractivity contribution in [2.45, 2.75) is 0 Å². The third-order valence-electron chi connectivity index (χ3n) is 11.8. The lowest BCUT2D eigenvalue weighted by Gasteiger charge is -2.15. The zero-order valence-corrected chi connectivity index (χ0v) is 32.2. The van der Waals surface area contributed by atoms with Gasteiger partial charge in [-0.15, -0.1) is 11.3 Å². The molecule has 59 heavy (non-hydrogen) atoms. The van der Waals surface area contributed by atoms with E-state index < -0.39 is 0 Å². The largest absolute Gasteiger partial charge is 0.456 e. The summed E-state index contributed by atoms with van der Waals surface area (Å²) in [5.41, 5.74) is 7.49. The van der Waals surface area contributed by atoms with Gasteiger partial charge in [0.25, 0.3) is 0 Å². The van der Waals surface area contributed by atoms with Crippen molar-refractivity contribution >= 4 is 96.8 Å². The van der Waals surface area contributed by atoms with E-state index in [1.165, 1.54) is 41.7 Å². The first-order chi connectivity index (χ1) is 29.2. The zero-order valence-electron chi connectivity index (χ0n) is 31.4. The number of hydrogen-bond donors (Lipinski definition) is 0. The molecule has 0 aliphatic heterocycles. The van der Waals surface area contributed by atoms with Crippen molar-refractivity contribution < 1.29 is 4.42 Å². The first-order valence-corrected chi connectivity index (χ1v) is 20.6. The van der Waals surface area contributed by atoms with Gasteiger partial charge in [0, 0.05) is 58.4 Å². The topological polar surface area (TPSA) is 56.7 Å². The highest BCUT2D eigenvalue weighted by Gasteiger charge is 2.23. The molecular formula is C53H30N4OS. The number of rotatable bonds is 4. The van der Waals surface area contributed by atoms with E-state index in [-0.39, 0.29) is 0 Å². The predicted molar refractivity (Wildman–Crippen MR) is 246 cm³/mol. The summed E-state index contributed by atoms with van der Waals surface area (Å²) in [4.78, 5) is 16.0. The van der Waals surface area contributed by atoms with Crippen molar-refractivity contribution in [1.29, 1.82) is 0 Å². The fourth-order valence-corrected chi connectivity index (χ4v) is 10.1. The van der Waals surface area contributed by atoms with E-state index in [0.717, 1.165) is 66.1 Å². The summed E-state index contributed by atoms with van der Waals surface area (Å²) in [6.45, 7) is 0. The van der Waals surface area contributed by atoms with Gasteiger partial charge in [-0.2, -0.15) is 0 Å². The fraction of sp³-hybridized carbons (Fsp3) is 0. The van der Waals surface area contributed by atoms with Gasteiger partial charge < -0.3 is 8.98 Å². The zero-order chi connectivity index (χ0) is 38.6. The molecule has 0 radical (unpaired) electrons. The summed E-state index contributed by atoms with van der Waals surface area (Å²) in [5.74, 6) is 1.79. The SMILES string of the molecule is c1ccc2cc(-c3nc(-c4ccc5c(c4)sc4ccccc45)nc(-c4cc5oc6ccccc6c5cc4-n4c5ccccc5c5cc6ccccc6cc54)n3)ccc2c1. The number of fused-ring (bicyclic) bond motifs is 11. The van der Waals surface area contributed by atoms with Gasteiger partial charge in [0.1, 0.15) is 11.2 Å². The molecule has 9 aromatic carbocycles. The predicted octanol–water partition coefficient (Wildman–Crippen LogP) is 14.5. The molecule has 5 nitrogen and oxygen atoms in total. The van der Waals surface area contributed by atoms with Crippen LogP contribution in [0.2, 0.25) is 0 Å². The maximum absolute atomic E-state index is 6.60. The van der Waals surface area contributed by atoms with Crippen LogP contribution in [0.25, 0.3) is 125 Å². The first kappa shape index (κ1) is 32.4. The Balaban J connectivity index is 1.13. The van der Waals surface area contributed by atoms with Crippen LogP contribution in [-0.2, 0) is 0 Å². The van der Waals surface area contributed by atoms with Crippen molar-refractivity contribution in [1.82, 2.24) is 19.5 Å².